The van der Waals surface area contributed by atoms with Crippen LogP contribution in [0.1, 0.15) is 12.6 Å². The van der Waals surface area contributed by atoms with Crippen LogP contribution in [0.2, 0.25) is 0 Å². The maximum Gasteiger partial charge on any atom is 0.302 e. The van der Waals surface area contributed by atoms with E-state index in [0.29, 0.717) is 17.0 Å². The van der Waals surface area contributed by atoms with Crippen LogP contribution in [0.5, 0.6) is 0 Å². The number of aromatic nitrogens is 4. The van der Waals surface area contributed by atoms with E-state index in [0.717, 1.165) is 21.5 Å². The van der Waals surface area contributed by atoms with Crippen LogP contribution in [0.4, 0.5) is 17.3 Å². The second-order valence-electron chi connectivity index (χ2n) is 8.39. The lowest BCUT2D eigenvalue weighted by Crippen LogP contribution is -2.24. The number of aliphatic hydroxyl groups excluding tert-OH is 2. The first-order valence-corrected chi connectivity index (χ1v) is 10.9. The minimum atomic E-state index is -0.816. The summed E-state index contributed by atoms with van der Waals surface area (Å²) >= 11 is 0. The average molecular weight is 458 g/mol. The fourth-order valence-corrected chi connectivity index (χ4v) is 4.63. The maximum atomic E-state index is 12.7. The van der Waals surface area contributed by atoms with Crippen molar-refractivity contribution in [2.45, 2.75) is 24.9 Å². The van der Waals surface area contributed by atoms with Gasteiger partial charge >= 0.3 is 5.56 Å². The van der Waals surface area contributed by atoms with Gasteiger partial charge < -0.3 is 31.0 Å². The lowest BCUT2D eigenvalue weighted by molar-refractivity contribution is -0.0432. The van der Waals surface area contributed by atoms with Gasteiger partial charge in [-0.1, -0.05) is 42.5 Å². The van der Waals surface area contributed by atoms with Gasteiger partial charge in [0.05, 0.1) is 30.4 Å². The van der Waals surface area contributed by atoms with E-state index in [1.807, 2.05) is 36.4 Å². The molecule has 172 valence electrons. The van der Waals surface area contributed by atoms with Gasteiger partial charge in [-0.15, -0.1) is 0 Å². The Balaban J connectivity index is 1.45. The van der Waals surface area contributed by atoms with Gasteiger partial charge in [0.25, 0.3) is 0 Å². The van der Waals surface area contributed by atoms with Gasteiger partial charge in [-0.2, -0.15) is 4.98 Å². The number of nitrogens with one attached hydrogen (secondary N) is 2. The summed E-state index contributed by atoms with van der Waals surface area (Å²) in [5.41, 5.74) is 7.47. The Morgan fingerprint density at radius 2 is 1.97 bits per heavy atom. The molecular weight excluding hydrogens is 436 g/mol. The Kier molecular flexibility index (Phi) is 4.73. The number of nitrogens with two attached hydrogens (primary N) is 1. The minimum Gasteiger partial charge on any atom is -0.397 e. The van der Waals surface area contributed by atoms with Crippen molar-refractivity contribution in [3.05, 3.63) is 65.2 Å². The molecule has 34 heavy (non-hydrogen) atoms. The van der Waals surface area contributed by atoms with Crippen molar-refractivity contribution in [3.8, 4) is 0 Å². The van der Waals surface area contributed by atoms with Gasteiger partial charge in [-0.25, -0.2) is 4.98 Å². The Morgan fingerprint density at radius 1 is 1.15 bits per heavy atom. The van der Waals surface area contributed by atoms with Gasteiger partial charge in [-0.3, -0.25) is 9.36 Å². The monoisotopic (exact) mass is 458 g/mol. The van der Waals surface area contributed by atoms with E-state index in [9.17, 15) is 15.0 Å². The van der Waals surface area contributed by atoms with Crippen molar-refractivity contribution in [1.29, 1.82) is 0 Å². The van der Waals surface area contributed by atoms with Crippen molar-refractivity contribution in [2.24, 2.45) is 0 Å². The second-order valence-corrected chi connectivity index (χ2v) is 8.39. The third kappa shape index (κ3) is 3.19. The molecule has 1 fully saturated rings. The summed E-state index contributed by atoms with van der Waals surface area (Å²) < 4.78 is 7.36. The number of hydrogen-bond donors (Lipinski definition) is 5. The zero-order valence-corrected chi connectivity index (χ0v) is 18.0. The maximum absolute atomic E-state index is 12.7. The number of H-pyrrole nitrogens is 1. The third-order valence-corrected chi connectivity index (χ3v) is 6.34. The van der Waals surface area contributed by atoms with Crippen LogP contribution in [0.3, 0.4) is 0 Å². The van der Waals surface area contributed by atoms with E-state index in [4.69, 9.17) is 10.5 Å². The number of imidazole rings is 1. The number of aliphatic hydroxyl groups is 2. The van der Waals surface area contributed by atoms with Gasteiger partial charge in [-0.05, 0) is 22.2 Å². The molecule has 1 aliphatic rings. The first-order valence-electron chi connectivity index (χ1n) is 10.9. The quantitative estimate of drug-likeness (QED) is 0.203. The molecule has 0 aliphatic carbocycles. The number of aromatic amines is 1. The summed E-state index contributed by atoms with van der Waals surface area (Å²) in [4.78, 5) is 24.1. The predicted octanol–water partition coefficient (Wildman–Crippen LogP) is 2.39. The number of rotatable bonds is 4. The summed E-state index contributed by atoms with van der Waals surface area (Å²) in [6, 6.07) is 15.9. The van der Waals surface area contributed by atoms with Crippen LogP contribution in [0.25, 0.3) is 32.7 Å². The zero-order valence-electron chi connectivity index (χ0n) is 18.0. The largest absolute Gasteiger partial charge is 0.397 e. The van der Waals surface area contributed by atoms with E-state index in [-0.39, 0.29) is 24.5 Å². The number of benzene rings is 3. The van der Waals surface area contributed by atoms with Gasteiger partial charge in [0.2, 0.25) is 5.95 Å². The van der Waals surface area contributed by atoms with E-state index in [1.165, 1.54) is 6.33 Å². The van der Waals surface area contributed by atoms with Crippen molar-refractivity contribution in [2.75, 3.05) is 17.7 Å². The van der Waals surface area contributed by atoms with Crippen molar-refractivity contribution in [3.63, 3.8) is 0 Å². The molecule has 6 N–H and O–H groups in total. The molecule has 0 saturated carbocycles. The number of fused-ring (bicyclic) bond motifs is 4. The summed E-state index contributed by atoms with van der Waals surface area (Å²) in [5.74, 6) is 0.198. The van der Waals surface area contributed by atoms with Gasteiger partial charge in [0.15, 0.2) is 5.52 Å². The molecule has 0 spiro atoms. The predicted molar refractivity (Wildman–Crippen MR) is 129 cm³/mol. The van der Waals surface area contributed by atoms with Crippen LogP contribution in [0, 0.1) is 0 Å². The lowest BCUT2D eigenvalue weighted by Gasteiger charge is -2.15. The fraction of sp³-hybridized carbons (Fsp3) is 0.208. The number of anilines is 3. The van der Waals surface area contributed by atoms with E-state index in [1.54, 1.807) is 4.57 Å². The Hall–Kier alpha value is -3.99. The van der Waals surface area contributed by atoms with E-state index < -0.39 is 24.0 Å². The summed E-state index contributed by atoms with van der Waals surface area (Å²) in [6.45, 7) is -0.301. The Bertz CT molecular complexity index is 1610. The van der Waals surface area contributed by atoms with Crippen LogP contribution in [-0.2, 0) is 4.74 Å². The highest BCUT2D eigenvalue weighted by molar-refractivity contribution is 6.13. The molecule has 10 nitrogen and oxygen atoms in total. The number of nitrogen functional groups attached to an aromatic ring is 1. The average Bonchev–Trinajstić information content (AvgIpc) is 3.43. The molecule has 3 unspecified atom stereocenters. The molecule has 3 aromatic carbocycles. The standard InChI is InChI=1S/C24H22N6O4/c25-16-8-7-14-13-4-2-1-3-12(13)5-6-15(14)20(16)27-24-28-22-21(23(33)29-24)26-11-30(22)19-9-17(32)18(10-31)34-19/h1-8,11,17-19,31-32H,9-10,25H2,(H2,27,28,29,33). The highest BCUT2D eigenvalue weighted by atomic mass is 16.5. The highest BCUT2D eigenvalue weighted by Crippen LogP contribution is 2.36. The molecule has 10 heteroatoms. The smallest absolute Gasteiger partial charge is 0.302 e. The minimum absolute atomic E-state index is 0.146. The lowest BCUT2D eigenvalue weighted by atomic mass is 10.00. The van der Waals surface area contributed by atoms with Crippen molar-refractivity contribution >= 4 is 50.0 Å². The summed E-state index contributed by atoms with van der Waals surface area (Å²) in [6.07, 6.45) is -0.378. The van der Waals surface area contributed by atoms with E-state index in [2.05, 4.69) is 32.4 Å². The van der Waals surface area contributed by atoms with Gasteiger partial charge in [0, 0.05) is 11.8 Å². The summed E-state index contributed by atoms with van der Waals surface area (Å²) in [5, 5.41) is 26.8. The molecule has 6 rings (SSSR count). The summed E-state index contributed by atoms with van der Waals surface area (Å²) in [7, 11) is 0. The highest BCUT2D eigenvalue weighted by Gasteiger charge is 2.35. The molecule has 1 saturated heterocycles. The Labute approximate surface area is 192 Å². The topological polar surface area (TPSA) is 151 Å². The van der Waals surface area contributed by atoms with Crippen molar-refractivity contribution < 1.29 is 14.9 Å². The van der Waals surface area contributed by atoms with Gasteiger partial charge in [0.1, 0.15) is 18.0 Å². The van der Waals surface area contributed by atoms with Crippen LogP contribution in [0.15, 0.2) is 59.7 Å². The Morgan fingerprint density at radius 3 is 2.79 bits per heavy atom. The molecule has 3 atom stereocenters. The first-order chi connectivity index (χ1) is 16.5. The normalized spacial score (nSPS) is 20.5. The number of ether oxygens (including phenoxy) is 1. The molecule has 3 heterocycles. The number of hydrogen-bond acceptors (Lipinski definition) is 8. The van der Waals surface area contributed by atoms with Crippen LogP contribution < -0.4 is 16.6 Å². The number of nitrogens with zero attached hydrogens (tertiary/aromatic N) is 3. The molecule has 1 aliphatic heterocycles. The van der Waals surface area contributed by atoms with Crippen molar-refractivity contribution in [1.82, 2.24) is 19.5 Å². The SMILES string of the molecule is Nc1ccc2c(ccc3ccccc32)c1Nc1nc(=O)c2ncn(C3CC(O)C(CO)O3)c2[nH]1. The van der Waals surface area contributed by atoms with Crippen LogP contribution in [-0.4, -0.2) is 48.5 Å². The van der Waals surface area contributed by atoms with Crippen LogP contribution >= 0.6 is 0 Å². The third-order valence-electron chi connectivity index (χ3n) is 6.34. The zero-order chi connectivity index (χ0) is 23.4. The molecule has 0 radical (unpaired) electrons. The van der Waals surface area contributed by atoms with E-state index >= 15 is 0 Å². The first kappa shape index (κ1) is 20.6. The molecule has 5 aromatic rings. The molecular formula is C24H22N6O4. The second kappa shape index (κ2) is 7.80. The molecule has 0 amide bonds. The fourth-order valence-electron chi connectivity index (χ4n) is 4.63. The molecule has 0 bridgehead atoms. The molecule has 2 aromatic heterocycles.